The van der Waals surface area contributed by atoms with Crippen LogP contribution in [0, 0.1) is 5.92 Å². The highest BCUT2D eigenvalue weighted by Gasteiger charge is 2.42. The molecule has 3 atom stereocenters. The highest BCUT2D eigenvalue weighted by atomic mass is 28.3. The van der Waals surface area contributed by atoms with Gasteiger partial charge in [0.15, 0.2) is 0 Å². The summed E-state index contributed by atoms with van der Waals surface area (Å²) >= 11 is 0. The molecule has 0 aromatic heterocycles. The second-order valence-corrected chi connectivity index (χ2v) is 9.99. The number of rotatable bonds is 4. The molecule has 2 aliphatic heterocycles. The maximum Gasteiger partial charge on any atom is 0.0811 e. The van der Waals surface area contributed by atoms with Crippen LogP contribution >= 0.6 is 0 Å². The van der Waals surface area contributed by atoms with Gasteiger partial charge in [0.05, 0.1) is 20.4 Å². The fraction of sp³-hybridized carbons (Fsp3) is 0.455. The molecule has 0 fully saturated rings. The number of nitrogens with zero attached hydrogens (tertiary/aromatic N) is 1. The third kappa shape index (κ3) is 2.71. The van der Waals surface area contributed by atoms with Crippen LogP contribution in [0.2, 0.25) is 13.1 Å². The Morgan fingerprint density at radius 2 is 1.92 bits per heavy atom. The zero-order valence-corrected chi connectivity index (χ0v) is 16.7. The second kappa shape index (κ2) is 6.76. The Morgan fingerprint density at radius 1 is 1.17 bits per heavy atom. The fourth-order valence-corrected chi connectivity index (χ4v) is 4.99. The van der Waals surface area contributed by atoms with E-state index in [0.29, 0.717) is 12.0 Å². The zero-order valence-electron chi connectivity index (χ0n) is 15.7. The average Bonchev–Trinajstić information content (AvgIpc) is 2.76. The highest BCUT2D eigenvalue weighted by molar-refractivity contribution is 6.64. The van der Waals surface area contributed by atoms with Crippen molar-refractivity contribution in [3.63, 3.8) is 0 Å². The van der Waals surface area contributed by atoms with Crippen LogP contribution in [0.4, 0.5) is 0 Å². The summed E-state index contributed by atoms with van der Waals surface area (Å²) in [6, 6.07) is 9.23. The van der Waals surface area contributed by atoms with Gasteiger partial charge >= 0.3 is 0 Å². The number of hydrogen-bond acceptors (Lipinski definition) is 1. The molecule has 0 saturated carbocycles. The van der Waals surface area contributed by atoms with Crippen molar-refractivity contribution in [3.8, 4) is 0 Å². The van der Waals surface area contributed by atoms with E-state index in [-0.39, 0.29) is 5.54 Å². The van der Waals surface area contributed by atoms with Crippen LogP contribution in [0.5, 0.6) is 0 Å². The fourth-order valence-electron chi connectivity index (χ4n) is 4.16. The summed E-state index contributed by atoms with van der Waals surface area (Å²) in [7, 11) is -0.454. The van der Waals surface area contributed by atoms with Crippen LogP contribution in [0.1, 0.15) is 50.8 Å². The summed E-state index contributed by atoms with van der Waals surface area (Å²) < 4.78 is 0. The van der Waals surface area contributed by atoms with Crippen molar-refractivity contribution < 1.29 is 0 Å². The lowest BCUT2D eigenvalue weighted by atomic mass is 9.78. The van der Waals surface area contributed by atoms with Gasteiger partial charge in [0.25, 0.3) is 0 Å². The Labute approximate surface area is 149 Å². The molecule has 2 heteroatoms. The molecular formula is C22H30NSi. The average molecular weight is 337 g/mol. The molecule has 2 heterocycles. The van der Waals surface area contributed by atoms with Crippen molar-refractivity contribution >= 4 is 14.9 Å². The third-order valence-corrected chi connectivity index (χ3v) is 7.44. The predicted molar refractivity (Wildman–Crippen MR) is 107 cm³/mol. The Bertz CT molecular complexity index is 685. The SMILES string of the molecule is CCC(C)C1(CC)C=Cc2ccccc2C2C=CC([Si](C)C)=CN21. The predicted octanol–water partition coefficient (Wildman–Crippen LogP) is 6.00. The van der Waals surface area contributed by atoms with E-state index in [0.717, 1.165) is 6.42 Å². The summed E-state index contributed by atoms with van der Waals surface area (Å²) in [4.78, 5) is 2.68. The lowest BCUT2D eigenvalue weighted by Gasteiger charge is -2.49. The van der Waals surface area contributed by atoms with Crippen molar-refractivity contribution in [1.82, 2.24) is 4.90 Å². The van der Waals surface area contributed by atoms with Gasteiger partial charge in [0, 0.05) is 0 Å². The minimum Gasteiger partial charge on any atom is -0.358 e. The van der Waals surface area contributed by atoms with E-state index >= 15 is 0 Å². The van der Waals surface area contributed by atoms with E-state index < -0.39 is 8.80 Å². The number of benzene rings is 1. The zero-order chi connectivity index (χ0) is 17.3. The van der Waals surface area contributed by atoms with Gasteiger partial charge in [-0.25, -0.2) is 0 Å². The van der Waals surface area contributed by atoms with Crippen LogP contribution in [-0.4, -0.2) is 19.2 Å². The molecular weight excluding hydrogens is 306 g/mol. The standard InChI is InChI=1S/C22H30NSi/c1-6-17(3)22(7-2)15-14-18-10-8-9-11-20(18)21-13-12-19(24(4)5)16-23(21)22/h8-17,21H,6-7H2,1-5H3. The van der Waals surface area contributed by atoms with Crippen molar-refractivity contribution in [2.75, 3.05) is 0 Å². The Morgan fingerprint density at radius 3 is 2.58 bits per heavy atom. The number of hydrogen-bond donors (Lipinski definition) is 0. The van der Waals surface area contributed by atoms with Gasteiger partial charge in [0.1, 0.15) is 0 Å². The van der Waals surface area contributed by atoms with E-state index in [1.165, 1.54) is 22.7 Å². The first-order chi connectivity index (χ1) is 11.5. The molecule has 1 radical (unpaired) electrons. The van der Waals surface area contributed by atoms with Crippen LogP contribution in [0.3, 0.4) is 0 Å². The molecule has 1 aromatic rings. The monoisotopic (exact) mass is 336 g/mol. The second-order valence-electron chi connectivity index (χ2n) is 7.41. The maximum absolute atomic E-state index is 2.68. The van der Waals surface area contributed by atoms with Gasteiger partial charge in [-0.3, -0.25) is 0 Å². The minimum absolute atomic E-state index is 0.0891. The van der Waals surface area contributed by atoms with Crippen LogP contribution < -0.4 is 0 Å². The smallest absolute Gasteiger partial charge is 0.0811 e. The van der Waals surface area contributed by atoms with Crippen LogP contribution in [0.15, 0.2) is 53.9 Å². The lowest BCUT2D eigenvalue weighted by molar-refractivity contribution is 0.0979. The van der Waals surface area contributed by atoms with E-state index in [4.69, 9.17) is 0 Å². The number of allylic oxidation sites excluding steroid dienone is 2. The molecule has 0 bridgehead atoms. The van der Waals surface area contributed by atoms with E-state index in [1.54, 1.807) is 0 Å². The van der Waals surface area contributed by atoms with Crippen LogP contribution in [0.25, 0.3) is 6.08 Å². The summed E-state index contributed by atoms with van der Waals surface area (Å²) in [5, 5.41) is 1.53. The Kier molecular flexibility index (Phi) is 4.87. The highest BCUT2D eigenvalue weighted by Crippen LogP contribution is 2.45. The summed E-state index contributed by atoms with van der Waals surface area (Å²) in [6.07, 6.45) is 14.5. The van der Waals surface area contributed by atoms with Crippen molar-refractivity contribution in [2.24, 2.45) is 5.92 Å². The number of fused-ring (bicyclic) bond motifs is 3. The van der Waals surface area contributed by atoms with Gasteiger partial charge in [-0.1, -0.05) is 88.9 Å². The van der Waals surface area contributed by atoms with Gasteiger partial charge in [-0.15, -0.1) is 0 Å². The first kappa shape index (κ1) is 17.3. The van der Waals surface area contributed by atoms with Crippen molar-refractivity contribution in [1.29, 1.82) is 0 Å². The molecule has 1 aromatic carbocycles. The first-order valence-electron chi connectivity index (χ1n) is 9.30. The molecule has 3 rings (SSSR count). The molecule has 24 heavy (non-hydrogen) atoms. The van der Waals surface area contributed by atoms with E-state index in [2.05, 4.69) is 93.5 Å². The van der Waals surface area contributed by atoms with Gasteiger partial charge in [-0.2, -0.15) is 0 Å². The minimum atomic E-state index is -0.454. The first-order valence-corrected chi connectivity index (χ1v) is 11.8. The van der Waals surface area contributed by atoms with Crippen molar-refractivity contribution in [2.45, 2.75) is 58.3 Å². The molecule has 2 aliphatic rings. The summed E-state index contributed by atoms with van der Waals surface area (Å²) in [5.41, 5.74) is 2.89. The third-order valence-electron chi connectivity index (χ3n) is 5.99. The molecule has 127 valence electrons. The Hall–Kier alpha value is -1.54. The topological polar surface area (TPSA) is 3.24 Å². The quantitative estimate of drug-likeness (QED) is 0.610. The maximum atomic E-state index is 2.68. The molecule has 1 nitrogen and oxygen atoms in total. The Balaban J connectivity index is 2.20. The molecule has 0 aliphatic carbocycles. The van der Waals surface area contributed by atoms with Crippen LogP contribution in [-0.2, 0) is 0 Å². The largest absolute Gasteiger partial charge is 0.358 e. The van der Waals surface area contributed by atoms with Gasteiger partial charge in [0.2, 0.25) is 0 Å². The molecule has 0 saturated heterocycles. The molecule has 0 spiro atoms. The molecule has 3 unspecified atom stereocenters. The molecule has 0 amide bonds. The molecule has 0 N–H and O–H groups in total. The normalized spacial score (nSPS) is 26.7. The van der Waals surface area contributed by atoms with E-state index in [9.17, 15) is 0 Å². The summed E-state index contributed by atoms with van der Waals surface area (Å²) in [6.45, 7) is 11.9. The van der Waals surface area contributed by atoms with E-state index in [1.807, 2.05) is 0 Å². The van der Waals surface area contributed by atoms with Gasteiger partial charge < -0.3 is 4.90 Å². The summed E-state index contributed by atoms with van der Waals surface area (Å²) in [5.74, 6) is 0.615. The lowest BCUT2D eigenvalue weighted by Crippen LogP contribution is -2.50. The van der Waals surface area contributed by atoms with Gasteiger partial charge in [-0.05, 0) is 34.9 Å². The van der Waals surface area contributed by atoms with Crippen molar-refractivity contribution in [3.05, 3.63) is 65.0 Å².